The van der Waals surface area contributed by atoms with Crippen LogP contribution in [0.15, 0.2) is 98.2 Å². The molecule has 0 aliphatic heterocycles. The van der Waals surface area contributed by atoms with Crippen LogP contribution in [0, 0.1) is 0 Å². The first-order valence-electron chi connectivity index (χ1n) is 10.4. The second-order valence-corrected chi connectivity index (χ2v) is 8.54. The Balaban J connectivity index is 1.60. The zero-order valence-electron chi connectivity index (χ0n) is 18.5. The summed E-state index contributed by atoms with van der Waals surface area (Å²) in [5, 5.41) is 11.3. The first kappa shape index (κ1) is 23.4. The van der Waals surface area contributed by atoms with Crippen LogP contribution in [0.4, 0.5) is 11.4 Å². The van der Waals surface area contributed by atoms with Crippen molar-refractivity contribution in [3.8, 4) is 11.5 Å². The molecule has 4 nitrogen and oxygen atoms in total. The Morgan fingerprint density at radius 2 is 1.38 bits per heavy atom. The molecule has 0 aliphatic rings. The lowest BCUT2D eigenvalue weighted by Crippen LogP contribution is -2.09. The standard InChI is InChI=1S/C28H22Cl2N2O2/c1-18(28-13-10-25(17-31-28)32(3)24-8-4-22(29)5-9-24)20-14-21(19(2)33)16-27(15-20)34-26-11-6-23(30)7-12-26/h4-17,33H,1-2H2,3H3. The minimum absolute atomic E-state index is 0.0662. The first-order chi connectivity index (χ1) is 16.3. The van der Waals surface area contributed by atoms with Crippen LogP contribution in [0.2, 0.25) is 10.0 Å². The Kier molecular flexibility index (Phi) is 6.92. The number of aliphatic hydroxyl groups is 1. The van der Waals surface area contributed by atoms with E-state index in [1.54, 1.807) is 42.6 Å². The third-order valence-electron chi connectivity index (χ3n) is 5.30. The van der Waals surface area contributed by atoms with Crippen LogP contribution in [-0.4, -0.2) is 17.1 Å². The predicted molar refractivity (Wildman–Crippen MR) is 142 cm³/mol. The van der Waals surface area contributed by atoms with E-state index < -0.39 is 0 Å². The number of nitrogens with zero attached hydrogens (tertiary/aromatic N) is 2. The van der Waals surface area contributed by atoms with Gasteiger partial charge in [-0.15, -0.1) is 0 Å². The van der Waals surface area contributed by atoms with Crippen molar-refractivity contribution in [3.05, 3.63) is 125 Å². The van der Waals surface area contributed by atoms with Crippen LogP contribution in [-0.2, 0) is 0 Å². The molecule has 0 atom stereocenters. The molecule has 1 aromatic heterocycles. The lowest BCUT2D eigenvalue weighted by atomic mass is 10.00. The maximum Gasteiger partial charge on any atom is 0.128 e. The van der Waals surface area contributed by atoms with Crippen molar-refractivity contribution in [2.45, 2.75) is 0 Å². The van der Waals surface area contributed by atoms with Crippen molar-refractivity contribution in [2.24, 2.45) is 0 Å². The average molecular weight is 489 g/mol. The smallest absolute Gasteiger partial charge is 0.128 e. The molecule has 4 aromatic rings. The Bertz CT molecular complexity index is 1330. The number of pyridine rings is 1. The van der Waals surface area contributed by atoms with Crippen molar-refractivity contribution >= 4 is 45.9 Å². The molecular formula is C28H22Cl2N2O2. The summed E-state index contributed by atoms with van der Waals surface area (Å²) in [6, 6.07) is 23.9. The number of rotatable bonds is 7. The Morgan fingerprint density at radius 1 is 0.794 bits per heavy atom. The molecule has 1 N–H and O–H groups in total. The zero-order valence-corrected chi connectivity index (χ0v) is 20.0. The highest BCUT2D eigenvalue weighted by atomic mass is 35.5. The fraction of sp³-hybridized carbons (Fsp3) is 0.0357. The number of aliphatic hydroxyl groups excluding tert-OH is 1. The summed E-state index contributed by atoms with van der Waals surface area (Å²) < 4.78 is 5.97. The summed E-state index contributed by atoms with van der Waals surface area (Å²) in [4.78, 5) is 6.63. The minimum atomic E-state index is -0.0662. The van der Waals surface area contributed by atoms with Crippen LogP contribution >= 0.6 is 23.2 Å². The quantitative estimate of drug-likeness (QED) is 0.264. The summed E-state index contributed by atoms with van der Waals surface area (Å²) in [6.45, 7) is 7.87. The molecule has 0 radical (unpaired) electrons. The maximum absolute atomic E-state index is 10.0. The van der Waals surface area contributed by atoms with Gasteiger partial charge in [-0.2, -0.15) is 0 Å². The molecular weight excluding hydrogens is 467 g/mol. The Morgan fingerprint density at radius 3 is 1.97 bits per heavy atom. The van der Waals surface area contributed by atoms with Crippen LogP contribution in [0.3, 0.4) is 0 Å². The number of halogens is 2. The summed E-state index contributed by atoms with van der Waals surface area (Å²) >= 11 is 12.0. The van der Waals surface area contributed by atoms with E-state index in [-0.39, 0.29) is 5.76 Å². The Hall–Kier alpha value is -3.73. The van der Waals surface area contributed by atoms with Gasteiger partial charge in [0.2, 0.25) is 0 Å². The van der Waals surface area contributed by atoms with Gasteiger partial charge in [-0.25, -0.2) is 0 Å². The SMILES string of the molecule is C=C(O)c1cc(Oc2ccc(Cl)cc2)cc(C(=C)c2ccc(N(C)c3ccc(Cl)cc3)cn2)c1. The summed E-state index contributed by atoms with van der Waals surface area (Å²) in [6.07, 6.45) is 1.79. The van der Waals surface area contributed by atoms with E-state index in [9.17, 15) is 5.11 Å². The van der Waals surface area contributed by atoms with Gasteiger partial charge in [0.1, 0.15) is 17.3 Å². The molecule has 0 amide bonds. The largest absolute Gasteiger partial charge is 0.508 e. The molecule has 0 bridgehead atoms. The highest BCUT2D eigenvalue weighted by Gasteiger charge is 2.12. The fourth-order valence-electron chi connectivity index (χ4n) is 3.36. The van der Waals surface area contributed by atoms with Gasteiger partial charge < -0.3 is 14.7 Å². The van der Waals surface area contributed by atoms with Gasteiger partial charge in [0, 0.05) is 33.9 Å². The second-order valence-electron chi connectivity index (χ2n) is 7.66. The number of hydrogen-bond acceptors (Lipinski definition) is 4. The van der Waals surface area contributed by atoms with E-state index in [1.807, 2.05) is 54.4 Å². The molecule has 0 saturated heterocycles. The van der Waals surface area contributed by atoms with Crippen molar-refractivity contribution < 1.29 is 9.84 Å². The van der Waals surface area contributed by atoms with Crippen LogP contribution in [0.5, 0.6) is 11.5 Å². The number of benzene rings is 3. The average Bonchev–Trinajstić information content (AvgIpc) is 2.85. The Labute approximate surface area is 209 Å². The first-order valence-corrected chi connectivity index (χ1v) is 11.2. The highest BCUT2D eigenvalue weighted by molar-refractivity contribution is 6.30. The molecule has 170 valence electrons. The molecule has 34 heavy (non-hydrogen) atoms. The molecule has 1 heterocycles. The van der Waals surface area contributed by atoms with Crippen LogP contribution < -0.4 is 9.64 Å². The van der Waals surface area contributed by atoms with Gasteiger partial charge in [-0.1, -0.05) is 36.4 Å². The number of ether oxygens (including phenoxy) is 1. The third-order valence-corrected chi connectivity index (χ3v) is 5.80. The minimum Gasteiger partial charge on any atom is -0.508 e. The lowest BCUT2D eigenvalue weighted by Gasteiger charge is -2.19. The number of aromatic nitrogens is 1. The molecule has 0 unspecified atom stereocenters. The third kappa shape index (κ3) is 5.42. The molecule has 0 fully saturated rings. The molecule has 0 aliphatic carbocycles. The van der Waals surface area contributed by atoms with Crippen molar-refractivity contribution in [1.29, 1.82) is 0 Å². The van der Waals surface area contributed by atoms with Gasteiger partial charge >= 0.3 is 0 Å². The summed E-state index contributed by atoms with van der Waals surface area (Å²) in [5.41, 5.74) is 4.58. The molecule has 0 saturated carbocycles. The fourth-order valence-corrected chi connectivity index (χ4v) is 3.61. The van der Waals surface area contributed by atoms with Crippen molar-refractivity contribution in [3.63, 3.8) is 0 Å². The number of anilines is 2. The van der Waals surface area contributed by atoms with Crippen molar-refractivity contribution in [1.82, 2.24) is 4.98 Å². The number of hydrogen-bond donors (Lipinski definition) is 1. The molecule has 3 aromatic carbocycles. The van der Waals surface area contributed by atoms with Gasteiger partial charge in [-0.3, -0.25) is 4.98 Å². The van der Waals surface area contributed by atoms with E-state index in [4.69, 9.17) is 27.9 Å². The normalized spacial score (nSPS) is 10.6. The van der Waals surface area contributed by atoms with Crippen molar-refractivity contribution in [2.75, 3.05) is 11.9 Å². The highest BCUT2D eigenvalue weighted by Crippen LogP contribution is 2.32. The summed E-state index contributed by atoms with van der Waals surface area (Å²) in [7, 11) is 1.96. The topological polar surface area (TPSA) is 45.6 Å². The lowest BCUT2D eigenvalue weighted by molar-refractivity contribution is 0.480. The molecule has 0 spiro atoms. The predicted octanol–water partition coefficient (Wildman–Crippen LogP) is 8.54. The van der Waals surface area contributed by atoms with E-state index in [0.717, 1.165) is 16.9 Å². The second kappa shape index (κ2) is 10.0. The van der Waals surface area contributed by atoms with E-state index in [2.05, 4.69) is 18.1 Å². The van der Waals surface area contributed by atoms with Crippen LogP contribution in [0.25, 0.3) is 11.3 Å². The van der Waals surface area contributed by atoms with Gasteiger partial charge in [0.25, 0.3) is 0 Å². The van der Waals surface area contributed by atoms with E-state index >= 15 is 0 Å². The van der Waals surface area contributed by atoms with E-state index in [0.29, 0.717) is 38.4 Å². The van der Waals surface area contributed by atoms with Gasteiger partial charge in [0.05, 0.1) is 17.6 Å². The van der Waals surface area contributed by atoms with E-state index in [1.165, 1.54) is 0 Å². The molecule has 4 rings (SSSR count). The molecule has 6 heteroatoms. The summed E-state index contributed by atoms with van der Waals surface area (Å²) in [5.74, 6) is 1.09. The van der Waals surface area contributed by atoms with Crippen LogP contribution in [0.1, 0.15) is 16.8 Å². The van der Waals surface area contributed by atoms with Gasteiger partial charge in [0.15, 0.2) is 0 Å². The maximum atomic E-state index is 10.0. The monoisotopic (exact) mass is 488 g/mol. The zero-order chi connectivity index (χ0) is 24.2. The van der Waals surface area contributed by atoms with Gasteiger partial charge in [-0.05, 0) is 84.4 Å².